The average Bonchev–Trinajstić information content (AvgIpc) is 2.81. The van der Waals surface area contributed by atoms with Crippen LogP contribution in [0.15, 0.2) is 53.0 Å². The van der Waals surface area contributed by atoms with Gasteiger partial charge in [-0.3, -0.25) is 14.5 Å². The molecule has 0 aliphatic carbocycles. The maximum absolute atomic E-state index is 12.9. The average molecular weight is 416 g/mol. The van der Waals surface area contributed by atoms with Crippen LogP contribution in [0.3, 0.4) is 0 Å². The lowest BCUT2D eigenvalue weighted by atomic mass is 9.88. The quantitative estimate of drug-likeness (QED) is 0.752. The van der Waals surface area contributed by atoms with Crippen LogP contribution in [-0.4, -0.2) is 29.3 Å². The SMILES string of the molecule is Cc1ccccc1C1(C)NC(=O)N(CC(=O)Nc2ccc(Br)cc2)C1=O. The molecule has 0 saturated carbocycles. The van der Waals surface area contributed by atoms with Crippen molar-refractivity contribution in [1.29, 1.82) is 0 Å². The molecule has 0 aromatic heterocycles. The molecule has 4 amide bonds. The first-order valence-corrected chi connectivity index (χ1v) is 8.86. The van der Waals surface area contributed by atoms with E-state index in [1.807, 2.05) is 25.1 Å². The zero-order chi connectivity index (χ0) is 18.9. The monoisotopic (exact) mass is 415 g/mol. The smallest absolute Gasteiger partial charge is 0.325 e. The number of hydrogen-bond acceptors (Lipinski definition) is 3. The van der Waals surface area contributed by atoms with E-state index in [1.54, 1.807) is 37.3 Å². The normalized spacial score (nSPS) is 19.4. The third-order valence-electron chi connectivity index (χ3n) is 4.39. The van der Waals surface area contributed by atoms with Gasteiger partial charge in [0.25, 0.3) is 5.91 Å². The maximum Gasteiger partial charge on any atom is 0.325 e. The van der Waals surface area contributed by atoms with Crippen molar-refractivity contribution in [3.8, 4) is 0 Å². The van der Waals surface area contributed by atoms with E-state index in [1.165, 1.54) is 0 Å². The number of benzene rings is 2. The Hall–Kier alpha value is -2.67. The Morgan fingerprint density at radius 1 is 1.15 bits per heavy atom. The molecule has 3 rings (SSSR count). The largest absolute Gasteiger partial charge is 0.325 e. The zero-order valence-electron chi connectivity index (χ0n) is 14.4. The van der Waals surface area contributed by atoms with Crippen molar-refractivity contribution in [1.82, 2.24) is 10.2 Å². The summed E-state index contributed by atoms with van der Waals surface area (Å²) < 4.78 is 0.888. The van der Waals surface area contributed by atoms with Crippen molar-refractivity contribution in [3.05, 3.63) is 64.1 Å². The molecule has 2 aromatic carbocycles. The van der Waals surface area contributed by atoms with Gasteiger partial charge in [0.1, 0.15) is 12.1 Å². The predicted octanol–water partition coefficient (Wildman–Crippen LogP) is 3.16. The van der Waals surface area contributed by atoms with Crippen LogP contribution in [0.5, 0.6) is 0 Å². The third kappa shape index (κ3) is 3.35. The first kappa shape index (κ1) is 18.1. The molecule has 1 saturated heterocycles. The number of anilines is 1. The second kappa shape index (κ2) is 6.92. The molecule has 2 aromatic rings. The van der Waals surface area contributed by atoms with Crippen molar-refractivity contribution in [2.24, 2.45) is 0 Å². The Labute approximate surface area is 159 Å². The van der Waals surface area contributed by atoms with Crippen LogP contribution in [0.2, 0.25) is 0 Å². The fraction of sp³-hybridized carbons (Fsp3) is 0.211. The number of halogens is 1. The molecule has 26 heavy (non-hydrogen) atoms. The molecule has 1 aliphatic heterocycles. The van der Waals surface area contributed by atoms with Crippen LogP contribution in [0.1, 0.15) is 18.1 Å². The lowest BCUT2D eigenvalue weighted by Gasteiger charge is -2.24. The van der Waals surface area contributed by atoms with Gasteiger partial charge in [-0.05, 0) is 49.2 Å². The number of amides is 4. The summed E-state index contributed by atoms with van der Waals surface area (Å²) in [4.78, 5) is 38.4. The van der Waals surface area contributed by atoms with Crippen molar-refractivity contribution < 1.29 is 14.4 Å². The van der Waals surface area contributed by atoms with Crippen LogP contribution < -0.4 is 10.6 Å². The zero-order valence-corrected chi connectivity index (χ0v) is 16.0. The lowest BCUT2D eigenvalue weighted by Crippen LogP contribution is -2.42. The molecule has 1 fully saturated rings. The number of nitrogens with zero attached hydrogens (tertiary/aromatic N) is 1. The molecular formula is C19H18BrN3O3. The van der Waals surface area contributed by atoms with Gasteiger partial charge in [-0.15, -0.1) is 0 Å². The summed E-state index contributed by atoms with van der Waals surface area (Å²) in [5, 5.41) is 5.40. The highest BCUT2D eigenvalue weighted by Gasteiger charge is 2.49. The van der Waals surface area contributed by atoms with E-state index in [9.17, 15) is 14.4 Å². The predicted molar refractivity (Wildman–Crippen MR) is 102 cm³/mol. The van der Waals surface area contributed by atoms with Gasteiger partial charge in [0.15, 0.2) is 0 Å². The molecule has 6 nitrogen and oxygen atoms in total. The molecule has 0 spiro atoms. The van der Waals surface area contributed by atoms with Crippen LogP contribution >= 0.6 is 15.9 Å². The molecule has 2 N–H and O–H groups in total. The van der Waals surface area contributed by atoms with Crippen molar-refractivity contribution in [2.75, 3.05) is 11.9 Å². The molecule has 1 heterocycles. The van der Waals surface area contributed by atoms with Gasteiger partial charge in [-0.2, -0.15) is 0 Å². The Morgan fingerprint density at radius 3 is 2.46 bits per heavy atom. The highest BCUT2D eigenvalue weighted by atomic mass is 79.9. The second-order valence-corrected chi connectivity index (χ2v) is 7.23. The van der Waals surface area contributed by atoms with Gasteiger partial charge in [0, 0.05) is 10.2 Å². The van der Waals surface area contributed by atoms with Gasteiger partial charge in [-0.1, -0.05) is 40.2 Å². The third-order valence-corrected chi connectivity index (χ3v) is 4.92. The van der Waals surface area contributed by atoms with E-state index in [4.69, 9.17) is 0 Å². The van der Waals surface area contributed by atoms with Crippen LogP contribution in [0.4, 0.5) is 10.5 Å². The van der Waals surface area contributed by atoms with E-state index in [0.717, 1.165) is 14.9 Å². The molecule has 134 valence electrons. The van der Waals surface area contributed by atoms with Crippen molar-refractivity contribution in [3.63, 3.8) is 0 Å². The first-order valence-electron chi connectivity index (χ1n) is 8.07. The fourth-order valence-corrected chi connectivity index (χ4v) is 3.30. The van der Waals surface area contributed by atoms with E-state index >= 15 is 0 Å². The van der Waals surface area contributed by atoms with Gasteiger partial charge in [0.05, 0.1) is 0 Å². The molecule has 0 radical (unpaired) electrons. The molecule has 7 heteroatoms. The second-order valence-electron chi connectivity index (χ2n) is 6.32. The molecule has 1 atom stereocenters. The van der Waals surface area contributed by atoms with Crippen LogP contribution in [-0.2, 0) is 15.1 Å². The number of urea groups is 1. The Bertz CT molecular complexity index is 882. The number of carbonyl (C=O) groups excluding carboxylic acids is 3. The molecule has 1 unspecified atom stereocenters. The van der Waals surface area contributed by atoms with Gasteiger partial charge in [0.2, 0.25) is 5.91 Å². The number of aryl methyl sites for hydroxylation is 1. The Balaban J connectivity index is 1.76. The fourth-order valence-electron chi connectivity index (χ4n) is 3.03. The Kier molecular flexibility index (Phi) is 4.82. The minimum absolute atomic E-state index is 0.345. The minimum atomic E-state index is -1.18. The van der Waals surface area contributed by atoms with Gasteiger partial charge < -0.3 is 10.6 Å². The number of rotatable bonds is 4. The van der Waals surface area contributed by atoms with Crippen molar-refractivity contribution >= 4 is 39.5 Å². The van der Waals surface area contributed by atoms with Crippen molar-refractivity contribution in [2.45, 2.75) is 19.4 Å². The highest BCUT2D eigenvalue weighted by molar-refractivity contribution is 9.10. The Morgan fingerprint density at radius 2 is 1.81 bits per heavy atom. The maximum atomic E-state index is 12.9. The molecule has 1 aliphatic rings. The van der Waals surface area contributed by atoms with Gasteiger partial charge in [-0.25, -0.2) is 4.79 Å². The minimum Gasteiger partial charge on any atom is -0.325 e. The van der Waals surface area contributed by atoms with Crippen LogP contribution in [0.25, 0.3) is 0 Å². The molecular weight excluding hydrogens is 398 g/mol. The summed E-state index contributed by atoms with van der Waals surface area (Å²) in [7, 11) is 0. The number of nitrogens with one attached hydrogen (secondary N) is 2. The summed E-state index contributed by atoms with van der Waals surface area (Å²) in [5.41, 5.74) is 1.02. The number of carbonyl (C=O) groups is 3. The van der Waals surface area contributed by atoms with E-state index in [-0.39, 0.29) is 6.54 Å². The molecule has 0 bridgehead atoms. The summed E-state index contributed by atoms with van der Waals surface area (Å²) in [6, 6.07) is 13.8. The van der Waals surface area contributed by atoms with E-state index in [0.29, 0.717) is 11.3 Å². The van der Waals surface area contributed by atoms with Crippen LogP contribution in [0, 0.1) is 6.92 Å². The van der Waals surface area contributed by atoms with Gasteiger partial charge >= 0.3 is 6.03 Å². The summed E-state index contributed by atoms with van der Waals surface area (Å²) in [6.45, 7) is 3.19. The van der Waals surface area contributed by atoms with E-state index < -0.39 is 23.4 Å². The topological polar surface area (TPSA) is 78.5 Å². The highest BCUT2D eigenvalue weighted by Crippen LogP contribution is 2.30. The number of hydrogen-bond donors (Lipinski definition) is 2. The number of imide groups is 1. The standard InChI is InChI=1S/C19H18BrN3O3/c1-12-5-3-4-6-15(12)19(2)17(25)23(18(26)22-19)11-16(24)21-14-9-7-13(20)8-10-14/h3-10H,11H2,1-2H3,(H,21,24)(H,22,26). The van der Waals surface area contributed by atoms with E-state index in [2.05, 4.69) is 26.6 Å². The first-order chi connectivity index (χ1) is 12.3. The summed E-state index contributed by atoms with van der Waals surface area (Å²) >= 11 is 3.32. The summed E-state index contributed by atoms with van der Waals surface area (Å²) in [5.74, 6) is -0.882. The summed E-state index contributed by atoms with van der Waals surface area (Å²) in [6.07, 6.45) is 0. The lowest BCUT2D eigenvalue weighted by molar-refractivity contribution is -0.133.